The second-order valence-corrected chi connectivity index (χ2v) is 8.10. The van der Waals surface area contributed by atoms with Crippen LogP contribution < -0.4 is 0 Å². The van der Waals surface area contributed by atoms with Gasteiger partial charge in [-0.3, -0.25) is 4.98 Å². The summed E-state index contributed by atoms with van der Waals surface area (Å²) in [5, 5.41) is -0.720. The molecule has 2 rings (SSSR count). The molecule has 0 spiro atoms. The summed E-state index contributed by atoms with van der Waals surface area (Å²) < 4.78 is 30.1. The number of carbonyl (C=O) groups excluding carboxylic acids is 1. The van der Waals surface area contributed by atoms with Gasteiger partial charge in [0.2, 0.25) is 9.84 Å². The van der Waals surface area contributed by atoms with Crippen molar-refractivity contribution in [3.8, 4) is 0 Å². The average molecular weight is 313 g/mol. The maximum Gasteiger partial charge on any atom is 0.410 e. The predicted molar refractivity (Wildman–Crippen MR) is 75.4 cm³/mol. The van der Waals surface area contributed by atoms with Crippen molar-refractivity contribution in [2.45, 2.75) is 43.1 Å². The number of carbonyl (C=O) groups is 1. The summed E-state index contributed by atoms with van der Waals surface area (Å²) >= 11 is 0. The van der Waals surface area contributed by atoms with Gasteiger partial charge in [0.25, 0.3) is 0 Å². The molecule has 1 aliphatic heterocycles. The fourth-order valence-corrected chi connectivity index (χ4v) is 3.63. The number of sulfone groups is 1. The highest BCUT2D eigenvalue weighted by molar-refractivity contribution is 7.92. The molecule has 21 heavy (non-hydrogen) atoms. The Hall–Kier alpha value is -1.70. The van der Waals surface area contributed by atoms with Gasteiger partial charge in [0, 0.05) is 25.5 Å². The summed E-state index contributed by atoms with van der Waals surface area (Å²) in [6.45, 7) is 5.80. The first kappa shape index (κ1) is 15.7. The van der Waals surface area contributed by atoms with E-state index in [-0.39, 0.29) is 11.6 Å². The smallest absolute Gasteiger partial charge is 0.410 e. The molecule has 1 amide bonds. The molecule has 0 bridgehead atoms. The molecule has 7 nitrogen and oxygen atoms in total. The fourth-order valence-electron chi connectivity index (χ4n) is 2.08. The van der Waals surface area contributed by atoms with Crippen molar-refractivity contribution in [3.63, 3.8) is 0 Å². The van der Waals surface area contributed by atoms with Crippen LogP contribution in [0.2, 0.25) is 0 Å². The molecule has 116 valence electrons. The first-order valence-corrected chi connectivity index (χ1v) is 8.22. The number of hydrogen-bond donors (Lipinski definition) is 0. The molecule has 0 aromatic carbocycles. The van der Waals surface area contributed by atoms with Gasteiger partial charge in [0.15, 0.2) is 5.03 Å². The van der Waals surface area contributed by atoms with Crippen molar-refractivity contribution in [1.29, 1.82) is 0 Å². The zero-order valence-corrected chi connectivity index (χ0v) is 13.1. The maximum atomic E-state index is 12.4. The highest BCUT2D eigenvalue weighted by atomic mass is 32.2. The number of likely N-dealkylation sites (tertiary alicyclic amines) is 1. The van der Waals surface area contributed by atoms with Crippen LogP contribution in [0.5, 0.6) is 0 Å². The molecule has 1 saturated heterocycles. The number of nitrogens with zero attached hydrogens (tertiary/aromatic N) is 3. The molecule has 2 heterocycles. The predicted octanol–water partition coefficient (Wildman–Crippen LogP) is 1.26. The van der Waals surface area contributed by atoms with Gasteiger partial charge >= 0.3 is 6.09 Å². The third-order valence-corrected chi connectivity index (χ3v) is 5.12. The standard InChI is InChI=1S/C13H19N3O4S/c1-13(2,3)20-12(17)16-7-4-10(9-16)21(18,19)11-8-14-5-6-15-11/h5-6,8,10H,4,7,9H2,1-3H3/t10-/m1/s1. The molecule has 0 unspecified atom stereocenters. The Labute approximate surface area is 124 Å². The molecule has 0 aliphatic carbocycles. The van der Waals surface area contributed by atoms with E-state index in [2.05, 4.69) is 9.97 Å². The normalized spacial score (nSPS) is 19.6. The van der Waals surface area contributed by atoms with Gasteiger partial charge in [0.05, 0.1) is 11.4 Å². The maximum absolute atomic E-state index is 12.4. The lowest BCUT2D eigenvalue weighted by Crippen LogP contribution is -2.36. The molecule has 0 saturated carbocycles. The van der Waals surface area contributed by atoms with Gasteiger partial charge in [-0.2, -0.15) is 0 Å². The van der Waals surface area contributed by atoms with Crippen LogP contribution in [0.4, 0.5) is 4.79 Å². The highest BCUT2D eigenvalue weighted by Crippen LogP contribution is 2.23. The second kappa shape index (κ2) is 5.59. The summed E-state index contributed by atoms with van der Waals surface area (Å²) in [5.41, 5.74) is -0.598. The van der Waals surface area contributed by atoms with Crippen LogP contribution in [-0.4, -0.2) is 53.3 Å². The van der Waals surface area contributed by atoms with Crippen molar-refractivity contribution in [2.24, 2.45) is 0 Å². The molecule has 1 aliphatic rings. The van der Waals surface area contributed by atoms with Crippen molar-refractivity contribution in [1.82, 2.24) is 14.9 Å². The third-order valence-electron chi connectivity index (χ3n) is 3.07. The summed E-state index contributed by atoms with van der Waals surface area (Å²) in [7, 11) is -3.57. The van der Waals surface area contributed by atoms with Crippen LogP contribution in [0.3, 0.4) is 0 Å². The van der Waals surface area contributed by atoms with Gasteiger partial charge in [-0.25, -0.2) is 18.2 Å². The molecule has 1 aromatic heterocycles. The Morgan fingerprint density at radius 2 is 2.10 bits per heavy atom. The molecular weight excluding hydrogens is 294 g/mol. The Morgan fingerprint density at radius 1 is 1.38 bits per heavy atom. The Morgan fingerprint density at radius 3 is 2.67 bits per heavy atom. The number of hydrogen-bond acceptors (Lipinski definition) is 6. The van der Waals surface area contributed by atoms with E-state index in [9.17, 15) is 13.2 Å². The van der Waals surface area contributed by atoms with Crippen LogP contribution in [-0.2, 0) is 14.6 Å². The summed E-state index contributed by atoms with van der Waals surface area (Å²) in [4.78, 5) is 21.0. The van der Waals surface area contributed by atoms with Gasteiger partial charge in [-0.15, -0.1) is 0 Å². The van der Waals surface area contributed by atoms with Crippen molar-refractivity contribution in [2.75, 3.05) is 13.1 Å². The molecule has 1 aromatic rings. The van der Waals surface area contributed by atoms with Crippen LogP contribution in [0, 0.1) is 0 Å². The summed E-state index contributed by atoms with van der Waals surface area (Å²) in [6.07, 6.45) is 3.87. The topological polar surface area (TPSA) is 89.5 Å². The Kier molecular flexibility index (Phi) is 4.18. The fraction of sp³-hybridized carbons (Fsp3) is 0.615. The number of amides is 1. The lowest BCUT2D eigenvalue weighted by atomic mass is 10.2. The van der Waals surface area contributed by atoms with Gasteiger partial charge in [0.1, 0.15) is 5.60 Å². The second-order valence-electron chi connectivity index (χ2n) is 5.93. The molecule has 1 atom stereocenters. The molecule has 8 heteroatoms. The zero-order valence-electron chi connectivity index (χ0n) is 12.3. The van der Waals surface area contributed by atoms with E-state index < -0.39 is 26.8 Å². The molecule has 0 N–H and O–H groups in total. The quantitative estimate of drug-likeness (QED) is 0.816. The molecule has 0 radical (unpaired) electrons. The van der Waals surface area contributed by atoms with Crippen molar-refractivity contribution < 1.29 is 17.9 Å². The van der Waals surface area contributed by atoms with Gasteiger partial charge in [-0.1, -0.05) is 0 Å². The molecule has 1 fully saturated rings. The SMILES string of the molecule is CC(C)(C)OC(=O)N1CC[C@@H](S(=O)(=O)c2cnccn2)C1. The summed E-state index contributed by atoms with van der Waals surface area (Å²) in [5.74, 6) is 0. The van der Waals surface area contributed by atoms with E-state index in [4.69, 9.17) is 4.74 Å². The summed E-state index contributed by atoms with van der Waals surface area (Å²) in [6, 6.07) is 0. The van der Waals surface area contributed by atoms with E-state index in [0.29, 0.717) is 13.0 Å². The van der Waals surface area contributed by atoms with E-state index in [1.165, 1.54) is 23.5 Å². The van der Waals surface area contributed by atoms with E-state index in [1.54, 1.807) is 20.8 Å². The lowest BCUT2D eigenvalue weighted by Gasteiger charge is -2.24. The van der Waals surface area contributed by atoms with Crippen LogP contribution >= 0.6 is 0 Å². The first-order chi connectivity index (χ1) is 9.70. The zero-order chi connectivity index (χ0) is 15.7. The van der Waals surface area contributed by atoms with Crippen LogP contribution in [0.25, 0.3) is 0 Å². The van der Waals surface area contributed by atoms with E-state index in [1.807, 2.05) is 0 Å². The Balaban J connectivity index is 2.07. The minimum absolute atomic E-state index is 0.0546. The number of ether oxygens (including phenoxy) is 1. The largest absolute Gasteiger partial charge is 0.444 e. The van der Waals surface area contributed by atoms with Crippen molar-refractivity contribution >= 4 is 15.9 Å². The third kappa shape index (κ3) is 3.69. The van der Waals surface area contributed by atoms with E-state index in [0.717, 1.165) is 0 Å². The van der Waals surface area contributed by atoms with Crippen LogP contribution in [0.1, 0.15) is 27.2 Å². The minimum atomic E-state index is -3.57. The highest BCUT2D eigenvalue weighted by Gasteiger charge is 2.38. The molecular formula is C13H19N3O4S. The number of aromatic nitrogens is 2. The lowest BCUT2D eigenvalue weighted by molar-refractivity contribution is 0.0295. The van der Waals surface area contributed by atoms with Crippen molar-refractivity contribution in [3.05, 3.63) is 18.6 Å². The van der Waals surface area contributed by atoms with Gasteiger partial charge < -0.3 is 9.64 Å². The average Bonchev–Trinajstić information content (AvgIpc) is 2.88. The van der Waals surface area contributed by atoms with E-state index >= 15 is 0 Å². The first-order valence-electron chi connectivity index (χ1n) is 6.68. The van der Waals surface area contributed by atoms with Crippen LogP contribution in [0.15, 0.2) is 23.6 Å². The van der Waals surface area contributed by atoms with Gasteiger partial charge in [-0.05, 0) is 27.2 Å². The minimum Gasteiger partial charge on any atom is -0.444 e. The Bertz CT molecular complexity index is 610. The monoisotopic (exact) mass is 313 g/mol. The number of rotatable bonds is 2.